The van der Waals surface area contributed by atoms with Gasteiger partial charge in [-0.15, -0.1) is 11.6 Å². The molecule has 0 aromatic carbocycles. The average Bonchev–Trinajstić information content (AvgIpc) is 2.52. The lowest BCUT2D eigenvalue weighted by Gasteiger charge is -2.13. The summed E-state index contributed by atoms with van der Waals surface area (Å²) in [6.07, 6.45) is 1.15. The predicted molar refractivity (Wildman–Crippen MR) is 47.1 cm³/mol. The second-order valence-corrected chi connectivity index (χ2v) is 3.54. The highest BCUT2D eigenvalue weighted by Gasteiger charge is 2.14. The van der Waals surface area contributed by atoms with E-state index in [9.17, 15) is 0 Å². The maximum Gasteiger partial charge on any atom is 0.0620 e. The van der Waals surface area contributed by atoms with Crippen molar-refractivity contribution in [1.82, 2.24) is 5.32 Å². The van der Waals surface area contributed by atoms with Gasteiger partial charge in [-0.1, -0.05) is 6.92 Å². The lowest BCUT2D eigenvalue weighted by Crippen LogP contribution is -2.33. The number of alkyl halides is 1. The summed E-state index contributed by atoms with van der Waals surface area (Å²) < 4.78 is 5.23. The minimum atomic E-state index is 0.567. The fourth-order valence-corrected chi connectivity index (χ4v) is 1.23. The molecule has 1 aliphatic rings. The molecule has 3 heteroatoms. The van der Waals surface area contributed by atoms with Crippen LogP contribution < -0.4 is 5.32 Å². The highest BCUT2D eigenvalue weighted by Crippen LogP contribution is 2.04. The van der Waals surface area contributed by atoms with Crippen LogP contribution in [0.4, 0.5) is 0 Å². The summed E-state index contributed by atoms with van der Waals surface area (Å²) in [6, 6.07) is 0.570. The van der Waals surface area contributed by atoms with Gasteiger partial charge in [-0.3, -0.25) is 0 Å². The van der Waals surface area contributed by atoms with E-state index in [-0.39, 0.29) is 0 Å². The summed E-state index contributed by atoms with van der Waals surface area (Å²) >= 11 is 5.67. The van der Waals surface area contributed by atoms with Crippen molar-refractivity contribution in [2.24, 2.45) is 5.92 Å². The smallest absolute Gasteiger partial charge is 0.0620 e. The minimum Gasteiger partial charge on any atom is -0.380 e. The van der Waals surface area contributed by atoms with Crippen LogP contribution in [-0.2, 0) is 4.74 Å². The fraction of sp³-hybridized carbons (Fsp3) is 1.00. The van der Waals surface area contributed by atoms with Gasteiger partial charge in [-0.05, 0) is 18.9 Å². The van der Waals surface area contributed by atoms with Gasteiger partial charge in [0.15, 0.2) is 0 Å². The van der Waals surface area contributed by atoms with Crippen molar-refractivity contribution in [3.8, 4) is 0 Å². The van der Waals surface area contributed by atoms with Crippen LogP contribution in [0.3, 0.4) is 0 Å². The van der Waals surface area contributed by atoms with Crippen LogP contribution in [0, 0.1) is 5.92 Å². The van der Waals surface area contributed by atoms with Crippen molar-refractivity contribution < 1.29 is 4.74 Å². The van der Waals surface area contributed by atoms with Gasteiger partial charge in [-0.25, -0.2) is 0 Å². The molecule has 2 atom stereocenters. The number of hydrogen-bond acceptors (Lipinski definition) is 2. The molecule has 0 aliphatic carbocycles. The third-order valence-electron chi connectivity index (χ3n) is 1.95. The molecule has 0 radical (unpaired) electrons. The van der Waals surface area contributed by atoms with E-state index in [1.54, 1.807) is 0 Å². The number of halogens is 1. The molecule has 66 valence electrons. The Morgan fingerprint density at radius 1 is 1.73 bits per heavy atom. The Hall–Kier alpha value is 0.210. The monoisotopic (exact) mass is 177 g/mol. The van der Waals surface area contributed by atoms with E-state index in [0.29, 0.717) is 12.0 Å². The molecule has 0 bridgehead atoms. The Labute approximate surface area is 73.3 Å². The molecular formula is C8H16ClNO. The standard InChI is InChI=1S/C8H16ClNO/c1-7(4-9)5-10-8-2-3-11-6-8/h7-8,10H,2-6H2,1H3. The fourth-order valence-electron chi connectivity index (χ4n) is 1.12. The average molecular weight is 178 g/mol. The first-order valence-electron chi connectivity index (χ1n) is 4.20. The van der Waals surface area contributed by atoms with Crippen LogP contribution in [0.2, 0.25) is 0 Å². The van der Waals surface area contributed by atoms with Gasteiger partial charge in [0.05, 0.1) is 6.61 Å². The van der Waals surface area contributed by atoms with E-state index in [4.69, 9.17) is 16.3 Å². The first-order valence-corrected chi connectivity index (χ1v) is 4.73. The maximum atomic E-state index is 5.67. The number of rotatable bonds is 4. The Bertz CT molecular complexity index is 104. The van der Waals surface area contributed by atoms with Crippen LogP contribution in [0.1, 0.15) is 13.3 Å². The maximum absolute atomic E-state index is 5.67. The zero-order valence-corrected chi connectivity index (χ0v) is 7.73. The Morgan fingerprint density at radius 2 is 2.55 bits per heavy atom. The second kappa shape index (κ2) is 4.96. The molecule has 1 rings (SSSR count). The molecule has 0 aromatic rings. The van der Waals surface area contributed by atoms with Crippen molar-refractivity contribution in [2.45, 2.75) is 19.4 Å². The molecule has 2 nitrogen and oxygen atoms in total. The summed E-state index contributed by atoms with van der Waals surface area (Å²) in [6.45, 7) is 4.94. The number of hydrogen-bond donors (Lipinski definition) is 1. The van der Waals surface area contributed by atoms with E-state index >= 15 is 0 Å². The lowest BCUT2D eigenvalue weighted by molar-refractivity contribution is 0.189. The van der Waals surface area contributed by atoms with Crippen molar-refractivity contribution in [3.05, 3.63) is 0 Å². The third kappa shape index (κ3) is 3.41. The first kappa shape index (κ1) is 9.30. The van der Waals surface area contributed by atoms with Crippen LogP contribution in [0.5, 0.6) is 0 Å². The summed E-state index contributed by atoms with van der Waals surface area (Å²) in [7, 11) is 0. The summed E-state index contributed by atoms with van der Waals surface area (Å²) in [5, 5.41) is 3.42. The van der Waals surface area contributed by atoms with Crippen LogP contribution >= 0.6 is 11.6 Å². The molecule has 1 fully saturated rings. The van der Waals surface area contributed by atoms with Gasteiger partial charge in [0.1, 0.15) is 0 Å². The highest BCUT2D eigenvalue weighted by molar-refractivity contribution is 6.18. The molecule has 2 unspecified atom stereocenters. The Kier molecular flexibility index (Phi) is 4.20. The van der Waals surface area contributed by atoms with Gasteiger partial charge in [0.25, 0.3) is 0 Å². The molecule has 1 heterocycles. The normalized spacial score (nSPS) is 27.3. The van der Waals surface area contributed by atoms with E-state index in [2.05, 4.69) is 12.2 Å². The van der Waals surface area contributed by atoms with Crippen molar-refractivity contribution in [1.29, 1.82) is 0 Å². The number of ether oxygens (including phenoxy) is 1. The highest BCUT2D eigenvalue weighted by atomic mass is 35.5. The lowest BCUT2D eigenvalue weighted by atomic mass is 10.2. The van der Waals surface area contributed by atoms with Gasteiger partial charge in [-0.2, -0.15) is 0 Å². The third-order valence-corrected chi connectivity index (χ3v) is 2.47. The quantitative estimate of drug-likeness (QED) is 0.653. The molecule has 1 aliphatic heterocycles. The van der Waals surface area contributed by atoms with E-state index in [1.807, 2.05) is 0 Å². The molecule has 0 spiro atoms. The van der Waals surface area contributed by atoms with Gasteiger partial charge in [0.2, 0.25) is 0 Å². The van der Waals surface area contributed by atoms with Crippen LogP contribution in [-0.4, -0.2) is 31.7 Å². The van der Waals surface area contributed by atoms with Gasteiger partial charge in [0, 0.05) is 18.5 Å². The van der Waals surface area contributed by atoms with Crippen LogP contribution in [0.25, 0.3) is 0 Å². The summed E-state index contributed by atoms with van der Waals surface area (Å²) in [5.74, 6) is 1.30. The zero-order valence-electron chi connectivity index (χ0n) is 6.98. The molecule has 11 heavy (non-hydrogen) atoms. The molecule has 0 saturated carbocycles. The van der Waals surface area contributed by atoms with Crippen molar-refractivity contribution >= 4 is 11.6 Å². The molecular weight excluding hydrogens is 162 g/mol. The minimum absolute atomic E-state index is 0.567. The molecule has 1 N–H and O–H groups in total. The Morgan fingerprint density at radius 3 is 3.09 bits per heavy atom. The zero-order chi connectivity index (χ0) is 8.10. The van der Waals surface area contributed by atoms with Gasteiger partial charge < -0.3 is 10.1 Å². The van der Waals surface area contributed by atoms with Gasteiger partial charge >= 0.3 is 0 Å². The Balaban J connectivity index is 2.01. The molecule has 1 saturated heterocycles. The predicted octanol–water partition coefficient (Wildman–Crippen LogP) is 1.24. The summed E-state index contributed by atoms with van der Waals surface area (Å²) in [5.41, 5.74) is 0. The molecule has 0 aromatic heterocycles. The van der Waals surface area contributed by atoms with E-state index in [0.717, 1.165) is 32.1 Å². The summed E-state index contributed by atoms with van der Waals surface area (Å²) in [4.78, 5) is 0. The van der Waals surface area contributed by atoms with E-state index < -0.39 is 0 Å². The van der Waals surface area contributed by atoms with Crippen LogP contribution in [0.15, 0.2) is 0 Å². The van der Waals surface area contributed by atoms with Crippen molar-refractivity contribution in [2.75, 3.05) is 25.6 Å². The van der Waals surface area contributed by atoms with E-state index in [1.165, 1.54) is 0 Å². The first-order chi connectivity index (χ1) is 5.33. The molecule has 0 amide bonds. The largest absolute Gasteiger partial charge is 0.380 e. The SMILES string of the molecule is CC(CCl)CNC1CCOC1. The van der Waals surface area contributed by atoms with Crippen molar-refractivity contribution in [3.63, 3.8) is 0 Å². The second-order valence-electron chi connectivity index (χ2n) is 3.23. The number of nitrogens with one attached hydrogen (secondary N) is 1. The topological polar surface area (TPSA) is 21.3 Å².